The second-order valence-electron chi connectivity index (χ2n) is 6.89. The van der Waals surface area contributed by atoms with Gasteiger partial charge in [0.1, 0.15) is 11.3 Å². The van der Waals surface area contributed by atoms with E-state index in [0.717, 1.165) is 16.5 Å². The van der Waals surface area contributed by atoms with E-state index in [1.165, 1.54) is 4.68 Å². The summed E-state index contributed by atoms with van der Waals surface area (Å²) in [5, 5.41) is 5.41. The van der Waals surface area contributed by atoms with Gasteiger partial charge in [-0.15, -0.1) is 0 Å². The SMILES string of the molecule is Cc1ccc2c(c1)c(-c1cccc(N)c1)nn2C(=O)OC(C)(C)C. The molecule has 5 heteroatoms. The van der Waals surface area contributed by atoms with Gasteiger partial charge in [0.2, 0.25) is 0 Å². The lowest BCUT2D eigenvalue weighted by atomic mass is 10.1. The summed E-state index contributed by atoms with van der Waals surface area (Å²) in [4.78, 5) is 12.5. The molecule has 0 saturated heterocycles. The third-order valence-corrected chi connectivity index (χ3v) is 3.56. The van der Waals surface area contributed by atoms with Crippen molar-refractivity contribution in [1.29, 1.82) is 0 Å². The lowest BCUT2D eigenvalue weighted by Gasteiger charge is -2.19. The Balaban J connectivity index is 2.20. The number of anilines is 1. The Hall–Kier alpha value is -2.82. The number of carbonyl (C=O) groups is 1. The van der Waals surface area contributed by atoms with Gasteiger partial charge in [-0.05, 0) is 52.0 Å². The minimum atomic E-state index is -0.586. The zero-order valence-electron chi connectivity index (χ0n) is 14.3. The van der Waals surface area contributed by atoms with Crippen molar-refractivity contribution >= 4 is 22.7 Å². The molecule has 0 aliphatic rings. The predicted molar refractivity (Wildman–Crippen MR) is 96.0 cm³/mol. The van der Waals surface area contributed by atoms with Crippen molar-refractivity contribution in [3.63, 3.8) is 0 Å². The number of nitrogen functional groups attached to an aromatic ring is 1. The summed E-state index contributed by atoms with van der Waals surface area (Å²) in [6, 6.07) is 13.3. The Labute approximate surface area is 141 Å². The van der Waals surface area contributed by atoms with Crippen molar-refractivity contribution in [2.24, 2.45) is 0 Å². The summed E-state index contributed by atoms with van der Waals surface area (Å²) in [6.45, 7) is 7.51. The maximum atomic E-state index is 12.5. The molecule has 3 aromatic rings. The number of rotatable bonds is 1. The first-order valence-corrected chi connectivity index (χ1v) is 7.83. The largest absolute Gasteiger partial charge is 0.442 e. The van der Waals surface area contributed by atoms with Gasteiger partial charge in [-0.1, -0.05) is 23.8 Å². The highest BCUT2D eigenvalue weighted by Gasteiger charge is 2.22. The second kappa shape index (κ2) is 5.67. The minimum absolute atomic E-state index is 0.494. The van der Waals surface area contributed by atoms with E-state index in [0.29, 0.717) is 16.9 Å². The van der Waals surface area contributed by atoms with Crippen LogP contribution < -0.4 is 5.73 Å². The highest BCUT2D eigenvalue weighted by atomic mass is 16.6. The van der Waals surface area contributed by atoms with Crippen LogP contribution in [0.15, 0.2) is 42.5 Å². The van der Waals surface area contributed by atoms with Gasteiger partial charge in [0, 0.05) is 16.6 Å². The zero-order valence-corrected chi connectivity index (χ0v) is 14.3. The van der Waals surface area contributed by atoms with Gasteiger partial charge in [0.05, 0.1) is 5.52 Å². The van der Waals surface area contributed by atoms with Crippen LogP contribution in [0.5, 0.6) is 0 Å². The molecule has 0 unspecified atom stereocenters. The first-order valence-electron chi connectivity index (χ1n) is 7.83. The van der Waals surface area contributed by atoms with Crippen LogP contribution in [0.1, 0.15) is 26.3 Å². The molecule has 24 heavy (non-hydrogen) atoms. The molecule has 0 atom stereocenters. The van der Waals surface area contributed by atoms with E-state index in [4.69, 9.17) is 10.5 Å². The summed E-state index contributed by atoms with van der Waals surface area (Å²) < 4.78 is 6.79. The molecule has 3 rings (SSSR count). The van der Waals surface area contributed by atoms with Crippen molar-refractivity contribution in [1.82, 2.24) is 9.78 Å². The lowest BCUT2D eigenvalue weighted by molar-refractivity contribution is 0.0523. The maximum absolute atomic E-state index is 12.5. The van der Waals surface area contributed by atoms with E-state index >= 15 is 0 Å². The molecule has 2 N–H and O–H groups in total. The number of aryl methyl sites for hydroxylation is 1. The lowest BCUT2D eigenvalue weighted by Crippen LogP contribution is -2.27. The van der Waals surface area contributed by atoms with Gasteiger partial charge in [0.25, 0.3) is 0 Å². The van der Waals surface area contributed by atoms with Crippen LogP contribution in [0.4, 0.5) is 10.5 Å². The van der Waals surface area contributed by atoms with E-state index in [-0.39, 0.29) is 0 Å². The number of aromatic nitrogens is 2. The Bertz CT molecular complexity index is 920. The number of nitrogens with two attached hydrogens (primary N) is 1. The molecule has 1 heterocycles. The molecule has 5 nitrogen and oxygen atoms in total. The van der Waals surface area contributed by atoms with Gasteiger partial charge < -0.3 is 10.5 Å². The van der Waals surface area contributed by atoms with E-state index in [2.05, 4.69) is 5.10 Å². The van der Waals surface area contributed by atoms with Crippen LogP contribution in [0.2, 0.25) is 0 Å². The molecule has 0 spiro atoms. The van der Waals surface area contributed by atoms with Crippen LogP contribution in [0.25, 0.3) is 22.2 Å². The van der Waals surface area contributed by atoms with E-state index in [9.17, 15) is 4.79 Å². The third kappa shape index (κ3) is 3.11. The number of benzene rings is 2. The van der Waals surface area contributed by atoms with Crippen LogP contribution >= 0.6 is 0 Å². The van der Waals surface area contributed by atoms with Crippen molar-refractivity contribution in [2.45, 2.75) is 33.3 Å². The Kier molecular flexibility index (Phi) is 3.79. The molecule has 124 valence electrons. The Morgan fingerprint density at radius 2 is 1.92 bits per heavy atom. The summed E-state index contributed by atoms with van der Waals surface area (Å²) in [7, 11) is 0. The molecule has 0 aliphatic carbocycles. The summed E-state index contributed by atoms with van der Waals surface area (Å²) in [5.41, 5.74) is 9.35. The highest BCUT2D eigenvalue weighted by Crippen LogP contribution is 2.30. The molecule has 0 fully saturated rings. The molecule has 0 radical (unpaired) electrons. The molecule has 1 aromatic heterocycles. The molecule has 0 amide bonds. The van der Waals surface area contributed by atoms with Gasteiger partial charge in [-0.25, -0.2) is 4.79 Å². The average Bonchev–Trinajstić information content (AvgIpc) is 2.84. The smallest absolute Gasteiger partial charge is 0.435 e. The fourth-order valence-electron chi connectivity index (χ4n) is 2.58. The Morgan fingerprint density at radius 3 is 2.58 bits per heavy atom. The minimum Gasteiger partial charge on any atom is -0.442 e. The number of carbonyl (C=O) groups excluding carboxylic acids is 1. The monoisotopic (exact) mass is 323 g/mol. The standard InChI is InChI=1S/C19H21N3O2/c1-12-8-9-16-15(10-12)17(13-6-5-7-14(20)11-13)21-22(16)18(23)24-19(2,3)4/h5-11H,20H2,1-4H3. The average molecular weight is 323 g/mol. The van der Waals surface area contributed by atoms with Crippen molar-refractivity contribution in [3.8, 4) is 11.3 Å². The summed E-state index contributed by atoms with van der Waals surface area (Å²) >= 11 is 0. The topological polar surface area (TPSA) is 70.1 Å². The summed E-state index contributed by atoms with van der Waals surface area (Å²) in [6.07, 6.45) is -0.494. The molecular formula is C19H21N3O2. The fraction of sp³-hybridized carbons (Fsp3) is 0.263. The quantitative estimate of drug-likeness (QED) is 0.675. The number of fused-ring (bicyclic) bond motifs is 1. The van der Waals surface area contributed by atoms with Gasteiger partial charge >= 0.3 is 6.09 Å². The number of hydrogen-bond donors (Lipinski definition) is 1. The second-order valence-corrected chi connectivity index (χ2v) is 6.89. The summed E-state index contributed by atoms with van der Waals surface area (Å²) in [5.74, 6) is 0. The van der Waals surface area contributed by atoms with E-state index in [1.54, 1.807) is 0 Å². The highest BCUT2D eigenvalue weighted by molar-refractivity contribution is 5.98. The van der Waals surface area contributed by atoms with Crippen LogP contribution in [-0.4, -0.2) is 21.5 Å². The van der Waals surface area contributed by atoms with Gasteiger partial charge in [0.15, 0.2) is 0 Å². The predicted octanol–water partition coefficient (Wildman–Crippen LogP) is 4.38. The molecule has 0 aliphatic heterocycles. The molecular weight excluding hydrogens is 302 g/mol. The number of nitrogens with zero attached hydrogens (tertiary/aromatic N) is 2. The van der Waals surface area contributed by atoms with Crippen molar-refractivity contribution < 1.29 is 9.53 Å². The Morgan fingerprint density at radius 1 is 1.17 bits per heavy atom. The molecule has 0 bridgehead atoms. The number of ether oxygens (including phenoxy) is 1. The normalized spacial score (nSPS) is 11.7. The van der Waals surface area contributed by atoms with Crippen LogP contribution in [0.3, 0.4) is 0 Å². The van der Waals surface area contributed by atoms with Crippen LogP contribution in [-0.2, 0) is 4.74 Å². The van der Waals surface area contributed by atoms with Crippen molar-refractivity contribution in [3.05, 3.63) is 48.0 Å². The van der Waals surface area contributed by atoms with Gasteiger partial charge in [-0.3, -0.25) is 0 Å². The molecule has 0 saturated carbocycles. The van der Waals surface area contributed by atoms with Crippen LogP contribution in [0, 0.1) is 6.92 Å². The fourth-order valence-corrected chi connectivity index (χ4v) is 2.58. The molecule has 2 aromatic carbocycles. The van der Waals surface area contributed by atoms with E-state index < -0.39 is 11.7 Å². The third-order valence-electron chi connectivity index (χ3n) is 3.56. The first kappa shape index (κ1) is 16.1. The number of hydrogen-bond acceptors (Lipinski definition) is 4. The first-order chi connectivity index (χ1) is 11.2. The zero-order chi connectivity index (χ0) is 17.5. The van der Waals surface area contributed by atoms with Gasteiger partial charge in [-0.2, -0.15) is 9.78 Å². The maximum Gasteiger partial charge on any atom is 0.435 e. The van der Waals surface area contributed by atoms with E-state index in [1.807, 2.05) is 70.2 Å². The van der Waals surface area contributed by atoms with Crippen molar-refractivity contribution in [2.75, 3.05) is 5.73 Å².